The normalized spacial score (nSPS) is 8.47. The number of carbonyl (C=O) groups excluding carboxylic acids is 1. The van der Waals surface area contributed by atoms with Gasteiger partial charge in [0.25, 0.3) is 6.47 Å². The highest BCUT2D eigenvalue weighted by atomic mass is 16.5. The summed E-state index contributed by atoms with van der Waals surface area (Å²) in [6.45, 7) is 6.98. The molecule has 0 aliphatic carbocycles. The van der Waals surface area contributed by atoms with Crippen molar-refractivity contribution in [2.75, 3.05) is 7.11 Å². The SMILES string of the molecule is C=CC(=O)O.C=CCc1ccc(OC=O)c(OC)c1. The van der Waals surface area contributed by atoms with E-state index in [2.05, 4.69) is 13.2 Å². The first-order valence-corrected chi connectivity index (χ1v) is 5.32. The molecule has 102 valence electrons. The maximum atomic E-state index is 10.2. The number of rotatable bonds is 6. The predicted molar refractivity (Wildman–Crippen MR) is 71.4 cm³/mol. The zero-order chi connectivity index (χ0) is 14.7. The first-order valence-electron chi connectivity index (χ1n) is 5.32. The molecule has 0 aliphatic rings. The Morgan fingerprint density at radius 1 is 1.37 bits per heavy atom. The monoisotopic (exact) mass is 264 g/mol. The lowest BCUT2D eigenvalue weighted by atomic mass is 10.1. The lowest BCUT2D eigenvalue weighted by Crippen LogP contribution is -1.94. The highest BCUT2D eigenvalue weighted by Crippen LogP contribution is 2.27. The minimum absolute atomic E-state index is 0.380. The quantitative estimate of drug-likeness (QED) is 0.484. The molecule has 1 aromatic carbocycles. The third-order valence-electron chi connectivity index (χ3n) is 1.96. The number of carboxylic acids is 1. The molecule has 0 amide bonds. The van der Waals surface area contributed by atoms with E-state index in [4.69, 9.17) is 14.6 Å². The van der Waals surface area contributed by atoms with Gasteiger partial charge in [-0.2, -0.15) is 0 Å². The minimum atomic E-state index is -0.981. The van der Waals surface area contributed by atoms with Gasteiger partial charge < -0.3 is 14.6 Å². The molecule has 0 unspecified atom stereocenters. The largest absolute Gasteiger partial charge is 0.493 e. The van der Waals surface area contributed by atoms with Crippen LogP contribution in [-0.2, 0) is 16.0 Å². The van der Waals surface area contributed by atoms with E-state index in [9.17, 15) is 9.59 Å². The number of ether oxygens (including phenoxy) is 2. The Bertz CT molecular complexity index is 451. The Kier molecular flexibility index (Phi) is 8.19. The molecule has 0 saturated carbocycles. The molecule has 5 heteroatoms. The Morgan fingerprint density at radius 2 is 2.00 bits per heavy atom. The van der Waals surface area contributed by atoms with Crippen LogP contribution in [0.1, 0.15) is 5.56 Å². The summed E-state index contributed by atoms with van der Waals surface area (Å²) in [6.07, 6.45) is 3.40. The fraction of sp³-hybridized carbons (Fsp3) is 0.143. The van der Waals surface area contributed by atoms with E-state index in [0.29, 0.717) is 18.0 Å². The van der Waals surface area contributed by atoms with Crippen molar-refractivity contribution in [2.24, 2.45) is 0 Å². The van der Waals surface area contributed by atoms with Gasteiger partial charge in [0.2, 0.25) is 0 Å². The number of benzene rings is 1. The Morgan fingerprint density at radius 3 is 2.42 bits per heavy atom. The lowest BCUT2D eigenvalue weighted by molar-refractivity contribution is -0.131. The molecular weight excluding hydrogens is 248 g/mol. The van der Waals surface area contributed by atoms with Crippen LogP contribution in [0.15, 0.2) is 43.5 Å². The standard InChI is InChI=1S/C11H12O3.C3H4O2/c1-3-4-9-5-6-10(14-8-12)11(7-9)13-2;1-2-3(4)5/h3,5-8H,1,4H2,2H3;2H,1H2,(H,4,5). The fourth-order valence-corrected chi connectivity index (χ4v) is 1.15. The summed E-state index contributed by atoms with van der Waals surface area (Å²) in [5, 5.41) is 7.60. The van der Waals surface area contributed by atoms with Crippen LogP contribution in [0.2, 0.25) is 0 Å². The molecule has 0 fully saturated rings. The van der Waals surface area contributed by atoms with Crippen LogP contribution in [0.3, 0.4) is 0 Å². The molecule has 0 atom stereocenters. The second-order valence-corrected chi connectivity index (χ2v) is 3.23. The number of allylic oxidation sites excluding steroid dienone is 1. The van der Waals surface area contributed by atoms with Crippen molar-refractivity contribution in [1.82, 2.24) is 0 Å². The Balaban J connectivity index is 0.000000555. The zero-order valence-corrected chi connectivity index (χ0v) is 10.7. The highest BCUT2D eigenvalue weighted by Gasteiger charge is 2.04. The molecular formula is C14H16O5. The fourth-order valence-electron chi connectivity index (χ4n) is 1.15. The molecule has 19 heavy (non-hydrogen) atoms. The van der Waals surface area contributed by atoms with E-state index >= 15 is 0 Å². The molecule has 0 bridgehead atoms. The molecule has 0 saturated heterocycles. The number of hydrogen-bond donors (Lipinski definition) is 1. The van der Waals surface area contributed by atoms with Gasteiger partial charge in [-0.3, -0.25) is 4.79 Å². The van der Waals surface area contributed by atoms with E-state index in [-0.39, 0.29) is 0 Å². The smallest absolute Gasteiger partial charge is 0.327 e. The van der Waals surface area contributed by atoms with Crippen LogP contribution in [0.5, 0.6) is 11.5 Å². The van der Waals surface area contributed by atoms with Gasteiger partial charge in [-0.15, -0.1) is 6.58 Å². The minimum Gasteiger partial charge on any atom is -0.493 e. The molecule has 0 aliphatic heterocycles. The summed E-state index contributed by atoms with van der Waals surface area (Å²) in [7, 11) is 1.53. The first kappa shape index (κ1) is 16.4. The second kappa shape index (κ2) is 9.47. The number of carboxylic acid groups (broad SMARTS) is 1. The topological polar surface area (TPSA) is 72.8 Å². The zero-order valence-electron chi connectivity index (χ0n) is 10.7. The number of aliphatic carboxylic acids is 1. The van der Waals surface area contributed by atoms with Gasteiger partial charge in [-0.1, -0.05) is 18.7 Å². The van der Waals surface area contributed by atoms with Crippen molar-refractivity contribution in [3.8, 4) is 11.5 Å². The predicted octanol–water partition coefficient (Wildman–Crippen LogP) is 2.22. The van der Waals surface area contributed by atoms with E-state index in [1.165, 1.54) is 7.11 Å². The van der Waals surface area contributed by atoms with Crippen molar-refractivity contribution >= 4 is 12.4 Å². The average molecular weight is 264 g/mol. The summed E-state index contributed by atoms with van der Waals surface area (Å²) >= 11 is 0. The maximum Gasteiger partial charge on any atom is 0.327 e. The molecule has 1 rings (SSSR count). The summed E-state index contributed by atoms with van der Waals surface area (Å²) in [4.78, 5) is 19.4. The van der Waals surface area contributed by atoms with Gasteiger partial charge in [-0.05, 0) is 24.1 Å². The molecule has 0 radical (unpaired) electrons. The van der Waals surface area contributed by atoms with E-state index in [1.807, 2.05) is 12.1 Å². The third-order valence-corrected chi connectivity index (χ3v) is 1.96. The maximum absolute atomic E-state index is 10.2. The van der Waals surface area contributed by atoms with E-state index in [0.717, 1.165) is 18.1 Å². The van der Waals surface area contributed by atoms with E-state index < -0.39 is 5.97 Å². The van der Waals surface area contributed by atoms with Gasteiger partial charge in [0.05, 0.1) is 7.11 Å². The van der Waals surface area contributed by atoms with Crippen LogP contribution in [0.4, 0.5) is 0 Å². The Labute approximate surface area is 111 Å². The van der Waals surface area contributed by atoms with Crippen LogP contribution in [0, 0.1) is 0 Å². The van der Waals surface area contributed by atoms with Crippen LogP contribution >= 0.6 is 0 Å². The van der Waals surface area contributed by atoms with Crippen molar-refractivity contribution in [1.29, 1.82) is 0 Å². The summed E-state index contributed by atoms with van der Waals surface area (Å²) in [5.74, 6) is -0.00300. The molecule has 0 spiro atoms. The Hall–Kier alpha value is -2.56. The van der Waals surface area contributed by atoms with Gasteiger partial charge >= 0.3 is 5.97 Å². The number of methoxy groups -OCH3 is 1. The van der Waals surface area contributed by atoms with Crippen molar-refractivity contribution < 1.29 is 24.2 Å². The van der Waals surface area contributed by atoms with Crippen molar-refractivity contribution in [2.45, 2.75) is 6.42 Å². The highest BCUT2D eigenvalue weighted by molar-refractivity contribution is 5.78. The van der Waals surface area contributed by atoms with Crippen LogP contribution < -0.4 is 9.47 Å². The number of hydrogen-bond acceptors (Lipinski definition) is 4. The van der Waals surface area contributed by atoms with Gasteiger partial charge in [0.1, 0.15) is 0 Å². The van der Waals surface area contributed by atoms with Gasteiger partial charge in [0.15, 0.2) is 11.5 Å². The van der Waals surface area contributed by atoms with Crippen molar-refractivity contribution in [3.05, 3.63) is 49.1 Å². The van der Waals surface area contributed by atoms with Crippen LogP contribution in [0.25, 0.3) is 0 Å². The van der Waals surface area contributed by atoms with Crippen LogP contribution in [-0.4, -0.2) is 24.7 Å². The molecule has 0 aromatic heterocycles. The van der Waals surface area contributed by atoms with Crippen molar-refractivity contribution in [3.63, 3.8) is 0 Å². The summed E-state index contributed by atoms with van der Waals surface area (Å²) in [5.41, 5.74) is 1.06. The summed E-state index contributed by atoms with van der Waals surface area (Å²) < 4.78 is 9.80. The summed E-state index contributed by atoms with van der Waals surface area (Å²) in [6, 6.07) is 5.38. The molecule has 1 aromatic rings. The molecule has 5 nitrogen and oxygen atoms in total. The average Bonchev–Trinajstić information content (AvgIpc) is 2.41. The lowest BCUT2D eigenvalue weighted by Gasteiger charge is -2.07. The number of carbonyl (C=O) groups is 2. The van der Waals surface area contributed by atoms with Gasteiger partial charge in [-0.25, -0.2) is 4.79 Å². The first-order chi connectivity index (χ1) is 9.08. The molecule has 1 N–H and O–H groups in total. The van der Waals surface area contributed by atoms with Gasteiger partial charge in [0, 0.05) is 6.08 Å². The third kappa shape index (κ3) is 6.68. The molecule has 0 heterocycles. The van der Waals surface area contributed by atoms with E-state index in [1.54, 1.807) is 12.1 Å². The second-order valence-electron chi connectivity index (χ2n) is 3.23.